The van der Waals surface area contributed by atoms with E-state index in [1.165, 1.54) is 50.9 Å². The topological polar surface area (TPSA) is 33.1 Å². The third-order valence-electron chi connectivity index (χ3n) is 4.46. The van der Waals surface area contributed by atoms with Crippen LogP contribution in [0, 0.1) is 5.92 Å². The summed E-state index contributed by atoms with van der Waals surface area (Å²) in [5.74, 6) is 0.914. The van der Waals surface area contributed by atoms with E-state index in [1.807, 2.05) is 17.9 Å². The number of piperidine rings is 1. The van der Waals surface area contributed by atoms with Gasteiger partial charge in [0.05, 0.1) is 6.20 Å². The van der Waals surface area contributed by atoms with Crippen LogP contribution in [0.4, 0.5) is 0 Å². The molecule has 0 bridgehead atoms. The van der Waals surface area contributed by atoms with Crippen LogP contribution < -0.4 is 5.32 Å². The minimum Gasteiger partial charge on any atom is -0.314 e. The van der Waals surface area contributed by atoms with Gasteiger partial charge in [0, 0.05) is 31.4 Å². The SMILES string of the molecule is Cn1cc(CN2CCC(C3CCCN3)CC2)cn1. The zero-order chi connectivity index (χ0) is 12.4. The molecule has 1 aromatic heterocycles. The largest absolute Gasteiger partial charge is 0.314 e. The van der Waals surface area contributed by atoms with Crippen molar-refractivity contribution in [1.29, 1.82) is 0 Å². The Morgan fingerprint density at radius 1 is 1.33 bits per heavy atom. The van der Waals surface area contributed by atoms with Crippen LogP contribution in [-0.4, -0.2) is 40.4 Å². The molecule has 0 aliphatic carbocycles. The highest BCUT2D eigenvalue weighted by Gasteiger charge is 2.28. The monoisotopic (exact) mass is 248 g/mol. The van der Waals surface area contributed by atoms with E-state index in [-0.39, 0.29) is 0 Å². The van der Waals surface area contributed by atoms with Crippen LogP contribution in [0.15, 0.2) is 12.4 Å². The lowest BCUT2D eigenvalue weighted by atomic mass is 9.88. The molecule has 0 saturated carbocycles. The zero-order valence-corrected chi connectivity index (χ0v) is 11.3. The lowest BCUT2D eigenvalue weighted by molar-refractivity contribution is 0.157. The molecule has 2 saturated heterocycles. The smallest absolute Gasteiger partial charge is 0.0534 e. The van der Waals surface area contributed by atoms with Gasteiger partial charge in [-0.3, -0.25) is 9.58 Å². The van der Waals surface area contributed by atoms with Crippen LogP contribution in [0.25, 0.3) is 0 Å². The molecule has 1 unspecified atom stereocenters. The highest BCUT2D eigenvalue weighted by molar-refractivity contribution is 5.03. The standard InChI is InChI=1S/C14H24N4/c1-17-10-12(9-16-17)11-18-7-4-13(5-8-18)14-3-2-6-15-14/h9-10,13-15H,2-8,11H2,1H3. The summed E-state index contributed by atoms with van der Waals surface area (Å²) in [7, 11) is 1.99. The summed E-state index contributed by atoms with van der Waals surface area (Å²) in [6.07, 6.45) is 9.61. The van der Waals surface area contributed by atoms with Gasteiger partial charge in [-0.25, -0.2) is 0 Å². The van der Waals surface area contributed by atoms with Gasteiger partial charge in [-0.05, 0) is 51.2 Å². The van der Waals surface area contributed by atoms with Gasteiger partial charge in [-0.2, -0.15) is 5.10 Å². The van der Waals surface area contributed by atoms with E-state index < -0.39 is 0 Å². The van der Waals surface area contributed by atoms with Crippen molar-refractivity contribution in [3.05, 3.63) is 18.0 Å². The van der Waals surface area contributed by atoms with Crippen molar-refractivity contribution >= 4 is 0 Å². The Balaban J connectivity index is 1.47. The lowest BCUT2D eigenvalue weighted by Gasteiger charge is -2.34. The first kappa shape index (κ1) is 12.2. The van der Waals surface area contributed by atoms with E-state index in [2.05, 4.69) is 21.5 Å². The summed E-state index contributed by atoms with van der Waals surface area (Å²) < 4.78 is 1.89. The highest BCUT2D eigenvalue weighted by atomic mass is 15.2. The fourth-order valence-electron chi connectivity index (χ4n) is 3.44. The van der Waals surface area contributed by atoms with Crippen molar-refractivity contribution in [2.75, 3.05) is 19.6 Å². The van der Waals surface area contributed by atoms with Crippen molar-refractivity contribution in [3.8, 4) is 0 Å². The molecule has 2 aliphatic heterocycles. The molecule has 1 aromatic rings. The number of nitrogens with zero attached hydrogens (tertiary/aromatic N) is 3. The first-order chi connectivity index (χ1) is 8.81. The predicted octanol–water partition coefficient (Wildman–Crippen LogP) is 1.38. The van der Waals surface area contributed by atoms with Gasteiger partial charge in [0.2, 0.25) is 0 Å². The Kier molecular flexibility index (Phi) is 3.66. The molecule has 0 aromatic carbocycles. The molecule has 1 atom stereocenters. The molecule has 3 rings (SSSR count). The van der Waals surface area contributed by atoms with E-state index in [0.29, 0.717) is 0 Å². The molecule has 18 heavy (non-hydrogen) atoms. The van der Waals surface area contributed by atoms with Crippen LogP contribution in [0.2, 0.25) is 0 Å². The number of hydrogen-bond acceptors (Lipinski definition) is 3. The maximum absolute atomic E-state index is 4.24. The summed E-state index contributed by atoms with van der Waals surface area (Å²) in [6.45, 7) is 4.80. The van der Waals surface area contributed by atoms with Gasteiger partial charge in [-0.15, -0.1) is 0 Å². The lowest BCUT2D eigenvalue weighted by Crippen LogP contribution is -2.40. The second-order valence-electron chi connectivity index (χ2n) is 5.84. The Morgan fingerprint density at radius 2 is 2.17 bits per heavy atom. The molecule has 0 amide bonds. The highest BCUT2D eigenvalue weighted by Crippen LogP contribution is 2.26. The van der Waals surface area contributed by atoms with Crippen LogP contribution in [-0.2, 0) is 13.6 Å². The molecule has 4 heteroatoms. The molecule has 3 heterocycles. The summed E-state index contributed by atoms with van der Waals surface area (Å²) in [5, 5.41) is 7.90. The average molecular weight is 248 g/mol. The number of aryl methyl sites for hydroxylation is 1. The first-order valence-electron chi connectivity index (χ1n) is 7.24. The first-order valence-corrected chi connectivity index (χ1v) is 7.24. The molecule has 1 N–H and O–H groups in total. The molecule has 2 aliphatic rings. The minimum atomic E-state index is 0.811. The second kappa shape index (κ2) is 5.41. The van der Waals surface area contributed by atoms with E-state index >= 15 is 0 Å². The van der Waals surface area contributed by atoms with Gasteiger partial charge < -0.3 is 5.32 Å². The fraction of sp³-hybridized carbons (Fsp3) is 0.786. The van der Waals surface area contributed by atoms with E-state index in [4.69, 9.17) is 0 Å². The van der Waals surface area contributed by atoms with E-state index in [0.717, 1.165) is 18.5 Å². The summed E-state index contributed by atoms with van der Waals surface area (Å²) in [6, 6.07) is 0.811. The Labute approximate surface area is 109 Å². The quantitative estimate of drug-likeness (QED) is 0.877. The number of rotatable bonds is 3. The van der Waals surface area contributed by atoms with E-state index in [1.54, 1.807) is 0 Å². The predicted molar refractivity (Wildman–Crippen MR) is 72.2 cm³/mol. The van der Waals surface area contributed by atoms with Gasteiger partial charge >= 0.3 is 0 Å². The van der Waals surface area contributed by atoms with E-state index in [9.17, 15) is 0 Å². The molecule has 4 nitrogen and oxygen atoms in total. The summed E-state index contributed by atoms with van der Waals surface area (Å²) in [4.78, 5) is 2.57. The van der Waals surface area contributed by atoms with Crippen molar-refractivity contribution < 1.29 is 0 Å². The average Bonchev–Trinajstić information content (AvgIpc) is 3.02. The molecular weight excluding hydrogens is 224 g/mol. The van der Waals surface area contributed by atoms with Gasteiger partial charge in [0.25, 0.3) is 0 Å². The van der Waals surface area contributed by atoms with Crippen molar-refractivity contribution in [3.63, 3.8) is 0 Å². The van der Waals surface area contributed by atoms with Gasteiger partial charge in [-0.1, -0.05) is 0 Å². The summed E-state index contributed by atoms with van der Waals surface area (Å²) in [5.41, 5.74) is 1.34. The molecule has 2 fully saturated rings. The third-order valence-corrected chi connectivity index (χ3v) is 4.46. The van der Waals surface area contributed by atoms with Crippen molar-refractivity contribution in [2.24, 2.45) is 13.0 Å². The number of likely N-dealkylation sites (tertiary alicyclic amines) is 1. The number of nitrogens with one attached hydrogen (secondary N) is 1. The van der Waals surface area contributed by atoms with Crippen LogP contribution >= 0.6 is 0 Å². The van der Waals surface area contributed by atoms with Crippen LogP contribution in [0.3, 0.4) is 0 Å². The van der Waals surface area contributed by atoms with Gasteiger partial charge in [0.15, 0.2) is 0 Å². The second-order valence-corrected chi connectivity index (χ2v) is 5.84. The van der Waals surface area contributed by atoms with Crippen molar-refractivity contribution in [1.82, 2.24) is 20.0 Å². The molecular formula is C14H24N4. The Hall–Kier alpha value is -0.870. The maximum atomic E-state index is 4.24. The third kappa shape index (κ3) is 2.75. The molecule has 0 spiro atoms. The van der Waals surface area contributed by atoms with Crippen LogP contribution in [0.1, 0.15) is 31.2 Å². The van der Waals surface area contributed by atoms with Crippen molar-refractivity contribution in [2.45, 2.75) is 38.3 Å². The maximum Gasteiger partial charge on any atom is 0.0534 e. The number of hydrogen-bond donors (Lipinski definition) is 1. The molecule has 100 valence electrons. The Morgan fingerprint density at radius 3 is 2.78 bits per heavy atom. The minimum absolute atomic E-state index is 0.811. The van der Waals surface area contributed by atoms with Gasteiger partial charge in [0.1, 0.15) is 0 Å². The molecule has 0 radical (unpaired) electrons. The number of aromatic nitrogens is 2. The summed E-state index contributed by atoms with van der Waals surface area (Å²) >= 11 is 0. The normalized spacial score (nSPS) is 26.8. The zero-order valence-electron chi connectivity index (χ0n) is 11.3. The Bertz CT molecular complexity index is 373. The fourth-order valence-corrected chi connectivity index (χ4v) is 3.44. The van der Waals surface area contributed by atoms with Crippen LogP contribution in [0.5, 0.6) is 0 Å².